The van der Waals surface area contributed by atoms with E-state index in [1.165, 1.54) is 18.2 Å². The van der Waals surface area contributed by atoms with Crippen LogP contribution < -0.4 is 5.11 Å². The summed E-state index contributed by atoms with van der Waals surface area (Å²) >= 11 is 0. The van der Waals surface area contributed by atoms with E-state index in [0.29, 0.717) is 0 Å². The van der Waals surface area contributed by atoms with Gasteiger partial charge in [0.25, 0.3) is 5.69 Å². The van der Waals surface area contributed by atoms with E-state index in [1.54, 1.807) is 0 Å². The second kappa shape index (κ2) is 3.95. The van der Waals surface area contributed by atoms with E-state index < -0.39 is 10.7 Å². The van der Waals surface area contributed by atoms with Crippen LogP contribution in [0.4, 0.5) is 5.69 Å². The fourth-order valence-electron chi connectivity index (χ4n) is 0.608. The average Bonchev–Trinajstić information content (AvgIpc) is 1.88. The predicted octanol–water partition coefficient (Wildman–Crippen LogP) is 0.666. The van der Waals surface area contributed by atoms with Crippen LogP contribution in [0.5, 0.6) is 5.75 Å². The second-order valence-electron chi connectivity index (χ2n) is 1.72. The Labute approximate surface area is 73.5 Å². The minimum atomic E-state index is -0.692. The molecule has 0 aliphatic rings. The number of nitrogens with zero attached hydrogens (tertiary/aromatic N) is 1. The van der Waals surface area contributed by atoms with Crippen molar-refractivity contribution in [3.8, 4) is 5.75 Å². The third-order valence-electron chi connectivity index (χ3n) is 1.06. The SMILES string of the molecule is O=[N+]([O-])c1ccccc1[O-].[Cu+]. The Bertz CT molecular complexity index is 264. The van der Waals surface area contributed by atoms with Crippen molar-refractivity contribution in [3.05, 3.63) is 34.4 Å². The molecule has 1 aromatic carbocycles. The van der Waals surface area contributed by atoms with Gasteiger partial charge in [0.2, 0.25) is 0 Å². The maximum atomic E-state index is 10.6. The number of nitro benzene ring substituents is 1. The molecule has 0 N–H and O–H groups in total. The van der Waals surface area contributed by atoms with Crippen molar-refractivity contribution in [2.45, 2.75) is 0 Å². The molecule has 5 heteroatoms. The normalized spacial score (nSPS) is 8.36. The molecule has 62 valence electrons. The van der Waals surface area contributed by atoms with E-state index in [9.17, 15) is 15.2 Å². The minimum absolute atomic E-state index is 0. The van der Waals surface area contributed by atoms with Gasteiger partial charge in [-0.1, -0.05) is 18.2 Å². The quantitative estimate of drug-likeness (QED) is 0.381. The Balaban J connectivity index is 0.000001000. The summed E-state index contributed by atoms with van der Waals surface area (Å²) in [7, 11) is 0. The summed E-state index contributed by atoms with van der Waals surface area (Å²) in [6, 6.07) is 5.27. The van der Waals surface area contributed by atoms with Gasteiger partial charge in [0.05, 0.1) is 4.92 Å². The molecule has 0 spiro atoms. The smallest absolute Gasteiger partial charge is 0.868 e. The molecule has 0 fully saturated rings. The number of hydrogen-bond donors (Lipinski definition) is 0. The Hall–Kier alpha value is -1.06. The van der Waals surface area contributed by atoms with Gasteiger partial charge in [-0.2, -0.15) is 0 Å². The standard InChI is InChI=1S/C6H5NO3.Cu/c8-6-4-2-1-3-5(6)7(9)10;/h1-4,8H;/q;+1/p-1. The van der Waals surface area contributed by atoms with Crippen LogP contribution in [-0.2, 0) is 17.1 Å². The minimum Gasteiger partial charge on any atom is -0.868 e. The van der Waals surface area contributed by atoms with E-state index in [2.05, 4.69) is 0 Å². The molecule has 0 bridgehead atoms. The van der Waals surface area contributed by atoms with Gasteiger partial charge in [-0.3, -0.25) is 10.1 Å². The van der Waals surface area contributed by atoms with Crippen LogP contribution in [-0.4, -0.2) is 4.92 Å². The summed E-state index contributed by atoms with van der Waals surface area (Å²) < 4.78 is 0. The molecule has 0 unspecified atom stereocenters. The van der Waals surface area contributed by atoms with E-state index in [-0.39, 0.29) is 22.8 Å². The number of hydrogen-bond acceptors (Lipinski definition) is 3. The van der Waals surface area contributed by atoms with Gasteiger partial charge in [-0.05, 0) is 5.75 Å². The van der Waals surface area contributed by atoms with Crippen molar-refractivity contribution in [2.75, 3.05) is 0 Å². The largest absolute Gasteiger partial charge is 1.00 e. The third-order valence-corrected chi connectivity index (χ3v) is 1.06. The van der Waals surface area contributed by atoms with Crippen molar-refractivity contribution in [3.63, 3.8) is 0 Å². The first-order chi connectivity index (χ1) is 4.72. The molecule has 0 aliphatic heterocycles. The zero-order valence-corrected chi connectivity index (χ0v) is 6.22. The fourth-order valence-corrected chi connectivity index (χ4v) is 0.608. The number of benzene rings is 1. The maximum Gasteiger partial charge on any atom is 1.00 e. The van der Waals surface area contributed by atoms with Crippen molar-refractivity contribution in [1.29, 1.82) is 0 Å². The number of para-hydroxylation sites is 2. The summed E-state index contributed by atoms with van der Waals surface area (Å²) in [5.41, 5.74) is -0.373. The molecule has 4 nitrogen and oxygen atoms in total. The van der Waals surface area contributed by atoms with Crippen molar-refractivity contribution in [2.24, 2.45) is 0 Å². The topological polar surface area (TPSA) is 66.2 Å². The summed E-state index contributed by atoms with van der Waals surface area (Å²) in [5.74, 6) is -0.549. The zero-order valence-electron chi connectivity index (χ0n) is 5.28. The summed E-state index contributed by atoms with van der Waals surface area (Å²) in [5, 5.41) is 20.6. The van der Waals surface area contributed by atoms with Crippen LogP contribution in [0.2, 0.25) is 0 Å². The first-order valence-electron chi connectivity index (χ1n) is 2.62. The molecule has 0 saturated heterocycles. The van der Waals surface area contributed by atoms with Crippen molar-refractivity contribution >= 4 is 5.69 Å². The molecule has 1 aromatic rings. The van der Waals surface area contributed by atoms with Gasteiger partial charge >= 0.3 is 17.1 Å². The van der Waals surface area contributed by atoms with Crippen LogP contribution in [0.3, 0.4) is 0 Å². The molecule has 0 heterocycles. The van der Waals surface area contributed by atoms with Crippen molar-refractivity contribution in [1.82, 2.24) is 0 Å². The molecule has 0 saturated carbocycles. The summed E-state index contributed by atoms with van der Waals surface area (Å²) in [4.78, 5) is 9.34. The molecule has 11 heavy (non-hydrogen) atoms. The van der Waals surface area contributed by atoms with E-state index in [1.807, 2.05) is 0 Å². The van der Waals surface area contributed by atoms with Crippen LogP contribution in [0.1, 0.15) is 0 Å². The molecule has 0 amide bonds. The maximum absolute atomic E-state index is 10.6. The van der Waals surface area contributed by atoms with Gasteiger partial charge in [0, 0.05) is 6.07 Å². The van der Waals surface area contributed by atoms with Gasteiger partial charge in [0.15, 0.2) is 0 Å². The first-order valence-corrected chi connectivity index (χ1v) is 2.62. The molecule has 0 aliphatic carbocycles. The van der Waals surface area contributed by atoms with Gasteiger partial charge in [0.1, 0.15) is 0 Å². The second-order valence-corrected chi connectivity index (χ2v) is 1.72. The van der Waals surface area contributed by atoms with Gasteiger partial charge in [-0.25, -0.2) is 0 Å². The number of rotatable bonds is 1. The monoisotopic (exact) mass is 201 g/mol. The molecular formula is C6H4CuNO3. The Morgan fingerprint density at radius 2 is 1.82 bits per heavy atom. The molecular weight excluding hydrogens is 198 g/mol. The molecule has 0 atom stereocenters. The summed E-state index contributed by atoms with van der Waals surface area (Å²) in [6.45, 7) is 0. The predicted molar refractivity (Wildman–Crippen MR) is 32.5 cm³/mol. The van der Waals surface area contributed by atoms with Gasteiger partial charge < -0.3 is 5.11 Å². The Morgan fingerprint density at radius 3 is 2.18 bits per heavy atom. The average molecular weight is 202 g/mol. The van der Waals surface area contributed by atoms with Crippen LogP contribution >= 0.6 is 0 Å². The third kappa shape index (κ3) is 2.22. The van der Waals surface area contributed by atoms with E-state index in [4.69, 9.17) is 0 Å². The fraction of sp³-hybridized carbons (Fsp3) is 0. The first kappa shape index (κ1) is 9.94. The summed E-state index contributed by atoms with van der Waals surface area (Å²) in [6.07, 6.45) is 0. The van der Waals surface area contributed by atoms with E-state index in [0.717, 1.165) is 6.07 Å². The number of nitro groups is 1. The Morgan fingerprint density at radius 1 is 1.27 bits per heavy atom. The molecule has 0 radical (unpaired) electrons. The Kier molecular flexibility index (Phi) is 3.57. The molecule has 1 rings (SSSR count). The zero-order chi connectivity index (χ0) is 7.56. The van der Waals surface area contributed by atoms with Crippen LogP contribution in [0, 0.1) is 10.1 Å². The van der Waals surface area contributed by atoms with Gasteiger partial charge in [-0.15, -0.1) is 0 Å². The van der Waals surface area contributed by atoms with Crippen LogP contribution in [0.15, 0.2) is 24.3 Å². The van der Waals surface area contributed by atoms with Crippen LogP contribution in [0.25, 0.3) is 0 Å². The van der Waals surface area contributed by atoms with E-state index >= 15 is 0 Å². The van der Waals surface area contributed by atoms with Crippen molar-refractivity contribution < 1.29 is 27.1 Å². The molecule has 0 aromatic heterocycles.